The number of piperidine rings is 1. The van der Waals surface area contributed by atoms with Gasteiger partial charge in [-0.15, -0.1) is 10.2 Å². The van der Waals surface area contributed by atoms with Gasteiger partial charge < -0.3 is 15.3 Å². The maximum absolute atomic E-state index is 12.4. The number of aromatic nitrogens is 2. The van der Waals surface area contributed by atoms with E-state index in [1.807, 2.05) is 11.0 Å². The summed E-state index contributed by atoms with van der Waals surface area (Å²) in [6.45, 7) is 1.44. The van der Waals surface area contributed by atoms with E-state index in [-0.39, 0.29) is 17.6 Å². The standard InChI is InChI=1S/C16H17ClN4O2/c17-14-7-8-15(20-19-14)21-9-1-2-11(10-21)16(23)18-12-3-5-13(22)6-4-12/h3-8,11,22H,1-2,9-10H2,(H,18,23)/t11-/m1/s1. The van der Waals surface area contributed by atoms with Gasteiger partial charge in [0.1, 0.15) is 5.75 Å². The second kappa shape index (κ2) is 6.83. The van der Waals surface area contributed by atoms with E-state index in [4.69, 9.17) is 11.6 Å². The van der Waals surface area contributed by atoms with Crippen LogP contribution in [0.5, 0.6) is 5.75 Å². The highest BCUT2D eigenvalue weighted by Crippen LogP contribution is 2.23. The minimum atomic E-state index is -0.116. The van der Waals surface area contributed by atoms with Crippen molar-refractivity contribution in [3.05, 3.63) is 41.6 Å². The van der Waals surface area contributed by atoms with Gasteiger partial charge in [0.05, 0.1) is 5.92 Å². The molecule has 1 amide bonds. The van der Waals surface area contributed by atoms with E-state index in [0.717, 1.165) is 25.2 Å². The van der Waals surface area contributed by atoms with Crippen LogP contribution in [-0.2, 0) is 4.79 Å². The summed E-state index contributed by atoms with van der Waals surface area (Å²) < 4.78 is 0. The molecule has 2 heterocycles. The largest absolute Gasteiger partial charge is 0.508 e. The van der Waals surface area contributed by atoms with E-state index in [1.165, 1.54) is 0 Å². The number of aromatic hydroxyl groups is 1. The molecule has 23 heavy (non-hydrogen) atoms. The Bertz CT molecular complexity index is 675. The number of carbonyl (C=O) groups excluding carboxylic acids is 1. The van der Waals surface area contributed by atoms with Crippen molar-refractivity contribution in [3.8, 4) is 5.75 Å². The molecular weight excluding hydrogens is 316 g/mol. The van der Waals surface area contributed by atoms with Crippen LogP contribution in [-0.4, -0.2) is 34.3 Å². The maximum Gasteiger partial charge on any atom is 0.229 e. The van der Waals surface area contributed by atoms with E-state index in [2.05, 4.69) is 15.5 Å². The van der Waals surface area contributed by atoms with Gasteiger partial charge in [-0.05, 0) is 49.2 Å². The lowest BCUT2D eigenvalue weighted by molar-refractivity contribution is -0.120. The van der Waals surface area contributed by atoms with E-state index >= 15 is 0 Å². The lowest BCUT2D eigenvalue weighted by Gasteiger charge is -2.32. The number of hydrogen-bond donors (Lipinski definition) is 2. The van der Waals surface area contributed by atoms with Crippen LogP contribution in [0.2, 0.25) is 5.15 Å². The normalized spacial score (nSPS) is 17.8. The van der Waals surface area contributed by atoms with Crippen LogP contribution in [0.4, 0.5) is 11.5 Å². The average molecular weight is 333 g/mol. The molecule has 0 bridgehead atoms. The van der Waals surface area contributed by atoms with Crippen molar-refractivity contribution < 1.29 is 9.90 Å². The third kappa shape index (κ3) is 3.90. The molecular formula is C16H17ClN4O2. The number of hydrogen-bond acceptors (Lipinski definition) is 5. The third-order valence-corrected chi connectivity index (χ3v) is 4.07. The van der Waals surface area contributed by atoms with E-state index < -0.39 is 0 Å². The van der Waals surface area contributed by atoms with E-state index in [1.54, 1.807) is 30.3 Å². The van der Waals surface area contributed by atoms with Gasteiger partial charge in [-0.25, -0.2) is 0 Å². The zero-order valence-corrected chi connectivity index (χ0v) is 13.2. The molecule has 3 rings (SSSR count). The van der Waals surface area contributed by atoms with Gasteiger partial charge in [0, 0.05) is 18.8 Å². The topological polar surface area (TPSA) is 78.4 Å². The lowest BCUT2D eigenvalue weighted by atomic mass is 9.97. The van der Waals surface area contributed by atoms with Crippen LogP contribution in [0.3, 0.4) is 0 Å². The Morgan fingerprint density at radius 3 is 2.70 bits per heavy atom. The minimum Gasteiger partial charge on any atom is -0.508 e. The van der Waals surface area contributed by atoms with Crippen molar-refractivity contribution in [2.45, 2.75) is 12.8 Å². The molecule has 1 aliphatic heterocycles. The average Bonchev–Trinajstić information content (AvgIpc) is 2.58. The molecule has 1 atom stereocenters. The minimum absolute atomic E-state index is 0.0256. The van der Waals surface area contributed by atoms with Crippen LogP contribution in [0.25, 0.3) is 0 Å². The molecule has 7 heteroatoms. The number of phenols is 1. The van der Waals surface area contributed by atoms with Crippen LogP contribution in [0.1, 0.15) is 12.8 Å². The molecule has 120 valence electrons. The fourth-order valence-electron chi connectivity index (χ4n) is 2.67. The molecule has 2 aromatic rings. The summed E-state index contributed by atoms with van der Waals surface area (Å²) in [5, 5.41) is 20.4. The number of benzene rings is 1. The summed E-state index contributed by atoms with van der Waals surface area (Å²) in [6, 6.07) is 9.97. The maximum atomic E-state index is 12.4. The first-order valence-corrected chi connectivity index (χ1v) is 7.84. The molecule has 0 saturated carbocycles. The molecule has 0 aliphatic carbocycles. The monoisotopic (exact) mass is 332 g/mol. The van der Waals surface area contributed by atoms with Gasteiger partial charge in [-0.2, -0.15) is 0 Å². The molecule has 6 nitrogen and oxygen atoms in total. The summed E-state index contributed by atoms with van der Waals surface area (Å²) in [7, 11) is 0. The first-order chi connectivity index (χ1) is 11.1. The Morgan fingerprint density at radius 2 is 2.00 bits per heavy atom. The van der Waals surface area contributed by atoms with Gasteiger partial charge in [-0.1, -0.05) is 11.6 Å². The highest BCUT2D eigenvalue weighted by Gasteiger charge is 2.26. The van der Waals surface area contributed by atoms with Crippen LogP contribution in [0.15, 0.2) is 36.4 Å². The third-order valence-electron chi connectivity index (χ3n) is 3.87. The van der Waals surface area contributed by atoms with Crippen LogP contribution >= 0.6 is 11.6 Å². The van der Waals surface area contributed by atoms with E-state index in [0.29, 0.717) is 17.4 Å². The number of anilines is 2. The molecule has 0 radical (unpaired) electrons. The first-order valence-electron chi connectivity index (χ1n) is 7.46. The quantitative estimate of drug-likeness (QED) is 0.845. The number of nitrogens with one attached hydrogen (secondary N) is 1. The smallest absolute Gasteiger partial charge is 0.229 e. The van der Waals surface area contributed by atoms with Gasteiger partial charge in [0.15, 0.2) is 11.0 Å². The number of rotatable bonds is 3. The summed E-state index contributed by atoms with van der Waals surface area (Å²) in [4.78, 5) is 14.5. The molecule has 1 aliphatic rings. The van der Waals surface area contributed by atoms with Crippen molar-refractivity contribution >= 4 is 29.0 Å². The van der Waals surface area contributed by atoms with Crippen molar-refractivity contribution in [2.24, 2.45) is 5.92 Å². The highest BCUT2D eigenvalue weighted by molar-refractivity contribution is 6.29. The number of phenolic OH excluding ortho intramolecular Hbond substituents is 1. The zero-order valence-electron chi connectivity index (χ0n) is 12.4. The highest BCUT2D eigenvalue weighted by atomic mass is 35.5. The first kappa shape index (κ1) is 15.6. The van der Waals surface area contributed by atoms with Gasteiger partial charge in [-0.3, -0.25) is 4.79 Å². The molecule has 0 spiro atoms. The molecule has 1 aromatic heterocycles. The number of carbonyl (C=O) groups is 1. The predicted molar refractivity (Wildman–Crippen MR) is 88.7 cm³/mol. The van der Waals surface area contributed by atoms with E-state index in [9.17, 15) is 9.90 Å². The second-order valence-corrected chi connectivity index (χ2v) is 5.92. The van der Waals surface area contributed by atoms with Gasteiger partial charge in [0.25, 0.3) is 0 Å². The Hall–Kier alpha value is -2.34. The zero-order chi connectivity index (χ0) is 16.2. The van der Waals surface area contributed by atoms with Gasteiger partial charge >= 0.3 is 0 Å². The Morgan fingerprint density at radius 1 is 1.22 bits per heavy atom. The summed E-state index contributed by atoms with van der Waals surface area (Å²) in [5.41, 5.74) is 0.677. The number of nitrogens with zero attached hydrogens (tertiary/aromatic N) is 3. The molecule has 1 saturated heterocycles. The summed E-state index contributed by atoms with van der Waals surface area (Å²) >= 11 is 5.76. The van der Waals surface area contributed by atoms with Gasteiger partial charge in [0.2, 0.25) is 5.91 Å². The van der Waals surface area contributed by atoms with Crippen LogP contribution in [0, 0.1) is 5.92 Å². The molecule has 2 N–H and O–H groups in total. The second-order valence-electron chi connectivity index (χ2n) is 5.54. The molecule has 1 aromatic carbocycles. The summed E-state index contributed by atoms with van der Waals surface area (Å²) in [6.07, 6.45) is 1.75. The Kier molecular flexibility index (Phi) is 4.62. The van der Waals surface area contributed by atoms with Crippen molar-refractivity contribution in [1.82, 2.24) is 10.2 Å². The molecule has 0 unspecified atom stereocenters. The molecule has 1 fully saturated rings. The SMILES string of the molecule is O=C(Nc1ccc(O)cc1)[C@@H]1CCCN(c2ccc(Cl)nn2)C1. The van der Waals surface area contributed by atoms with Crippen molar-refractivity contribution in [2.75, 3.05) is 23.3 Å². The lowest BCUT2D eigenvalue weighted by Crippen LogP contribution is -2.41. The predicted octanol–water partition coefficient (Wildman–Crippen LogP) is 2.69. The fourth-order valence-corrected chi connectivity index (χ4v) is 2.77. The number of halogens is 1. The number of amides is 1. The van der Waals surface area contributed by atoms with Crippen LogP contribution < -0.4 is 10.2 Å². The fraction of sp³-hybridized carbons (Fsp3) is 0.312. The Balaban J connectivity index is 1.64. The van der Waals surface area contributed by atoms with Crippen molar-refractivity contribution in [3.63, 3.8) is 0 Å². The summed E-state index contributed by atoms with van der Waals surface area (Å²) in [5.74, 6) is 0.766. The Labute approximate surface area is 139 Å². The van der Waals surface area contributed by atoms with Crippen molar-refractivity contribution in [1.29, 1.82) is 0 Å².